The van der Waals surface area contributed by atoms with Gasteiger partial charge in [-0.15, -0.1) is 0 Å². The minimum absolute atomic E-state index is 0.139. The van der Waals surface area contributed by atoms with E-state index < -0.39 is 30.5 Å². The Balaban J connectivity index is 1.77. The molecule has 5 atom stereocenters. The number of aliphatic hydroxyl groups is 2. The Morgan fingerprint density at radius 3 is 2.67 bits per heavy atom. The van der Waals surface area contributed by atoms with E-state index in [4.69, 9.17) is 9.47 Å². The van der Waals surface area contributed by atoms with E-state index in [2.05, 4.69) is 0 Å². The monoisotopic (exact) mass is 250 g/mol. The van der Waals surface area contributed by atoms with Crippen LogP contribution in [-0.2, 0) is 14.3 Å². The van der Waals surface area contributed by atoms with E-state index in [1.807, 2.05) is 6.07 Å². The minimum Gasteiger partial charge on any atom is -0.457 e. The van der Waals surface area contributed by atoms with E-state index >= 15 is 0 Å². The van der Waals surface area contributed by atoms with Crippen LogP contribution in [0.5, 0.6) is 0 Å². The SMILES string of the molecule is O=C1C[C@H]2O[C@@H]([C@@H](O)c3ccccc3)[C@@H](O)[C@H]2O1. The first-order valence-electron chi connectivity index (χ1n) is 5.93. The smallest absolute Gasteiger partial charge is 0.309 e. The average Bonchev–Trinajstić information content (AvgIpc) is 2.88. The highest BCUT2D eigenvalue weighted by Gasteiger charge is 2.53. The molecule has 2 saturated heterocycles. The Morgan fingerprint density at radius 1 is 1.28 bits per heavy atom. The standard InChI is InChI=1S/C13H14O5/c14-9-6-8-12(18-9)11(16)13(17-8)10(15)7-4-2-1-3-5-7/h1-5,8,10-13,15-16H,6H2/t8-,10+,11+,12+,13+/m1/s1. The highest BCUT2D eigenvalue weighted by atomic mass is 16.6. The number of rotatable bonds is 2. The molecule has 2 aliphatic heterocycles. The van der Waals surface area contributed by atoms with Crippen molar-refractivity contribution in [1.29, 1.82) is 0 Å². The third kappa shape index (κ3) is 1.80. The van der Waals surface area contributed by atoms with Crippen LogP contribution < -0.4 is 0 Å². The summed E-state index contributed by atoms with van der Waals surface area (Å²) < 4.78 is 10.5. The van der Waals surface area contributed by atoms with Gasteiger partial charge in [-0.1, -0.05) is 30.3 Å². The Morgan fingerprint density at radius 2 is 2.00 bits per heavy atom. The predicted molar refractivity (Wildman–Crippen MR) is 60.6 cm³/mol. The van der Waals surface area contributed by atoms with Crippen molar-refractivity contribution in [2.75, 3.05) is 0 Å². The largest absolute Gasteiger partial charge is 0.457 e. The van der Waals surface area contributed by atoms with Crippen LogP contribution >= 0.6 is 0 Å². The van der Waals surface area contributed by atoms with Gasteiger partial charge in [-0.05, 0) is 5.56 Å². The molecule has 2 heterocycles. The summed E-state index contributed by atoms with van der Waals surface area (Å²) >= 11 is 0. The molecule has 96 valence electrons. The van der Waals surface area contributed by atoms with Gasteiger partial charge >= 0.3 is 5.97 Å². The molecule has 1 aromatic carbocycles. The third-order valence-corrected chi connectivity index (χ3v) is 3.46. The molecule has 0 radical (unpaired) electrons. The zero-order valence-electron chi connectivity index (χ0n) is 9.60. The molecule has 5 heteroatoms. The summed E-state index contributed by atoms with van der Waals surface area (Å²) in [7, 11) is 0. The van der Waals surface area contributed by atoms with Crippen molar-refractivity contribution >= 4 is 5.97 Å². The fourth-order valence-electron chi connectivity index (χ4n) is 2.54. The fraction of sp³-hybridized carbons (Fsp3) is 0.462. The summed E-state index contributed by atoms with van der Waals surface area (Å²) in [6.45, 7) is 0. The van der Waals surface area contributed by atoms with Crippen LogP contribution in [0.1, 0.15) is 18.1 Å². The molecular formula is C13H14O5. The fourth-order valence-corrected chi connectivity index (χ4v) is 2.54. The van der Waals surface area contributed by atoms with E-state index in [0.717, 1.165) is 0 Å². The molecule has 2 fully saturated rings. The van der Waals surface area contributed by atoms with Crippen molar-refractivity contribution in [3.63, 3.8) is 0 Å². The number of esters is 1. The topological polar surface area (TPSA) is 76.0 Å². The third-order valence-electron chi connectivity index (χ3n) is 3.46. The molecule has 1 aromatic rings. The Kier molecular flexibility index (Phi) is 2.81. The van der Waals surface area contributed by atoms with E-state index in [-0.39, 0.29) is 12.4 Å². The second-order valence-electron chi connectivity index (χ2n) is 4.64. The van der Waals surface area contributed by atoms with Crippen molar-refractivity contribution in [3.05, 3.63) is 35.9 Å². The van der Waals surface area contributed by atoms with Gasteiger partial charge in [-0.2, -0.15) is 0 Å². The zero-order chi connectivity index (χ0) is 12.7. The number of carbonyl (C=O) groups is 1. The van der Waals surface area contributed by atoms with Gasteiger partial charge in [0.2, 0.25) is 0 Å². The second-order valence-corrected chi connectivity index (χ2v) is 4.64. The number of hydrogen-bond acceptors (Lipinski definition) is 5. The molecule has 0 unspecified atom stereocenters. The summed E-state index contributed by atoms with van der Waals surface area (Å²) in [6, 6.07) is 8.99. The average molecular weight is 250 g/mol. The first-order chi connectivity index (χ1) is 8.66. The molecular weight excluding hydrogens is 236 g/mol. The lowest BCUT2D eigenvalue weighted by molar-refractivity contribution is -0.147. The summed E-state index contributed by atoms with van der Waals surface area (Å²) in [6.07, 6.45) is -3.63. The Labute approximate surface area is 104 Å². The van der Waals surface area contributed by atoms with E-state index in [1.54, 1.807) is 24.3 Å². The molecule has 0 bridgehead atoms. The van der Waals surface area contributed by atoms with Gasteiger partial charge in [-0.3, -0.25) is 4.79 Å². The van der Waals surface area contributed by atoms with E-state index in [0.29, 0.717) is 5.56 Å². The number of benzene rings is 1. The number of aliphatic hydroxyl groups excluding tert-OH is 2. The molecule has 0 spiro atoms. The summed E-state index contributed by atoms with van der Waals surface area (Å²) in [5, 5.41) is 20.2. The molecule has 2 N–H and O–H groups in total. The van der Waals surface area contributed by atoms with Crippen molar-refractivity contribution in [1.82, 2.24) is 0 Å². The highest BCUT2D eigenvalue weighted by molar-refractivity contribution is 5.73. The van der Waals surface area contributed by atoms with Crippen molar-refractivity contribution < 1.29 is 24.5 Å². The highest BCUT2D eigenvalue weighted by Crippen LogP contribution is 2.36. The number of fused-ring (bicyclic) bond motifs is 1. The molecule has 2 aliphatic rings. The van der Waals surface area contributed by atoms with Gasteiger partial charge in [-0.25, -0.2) is 0 Å². The van der Waals surface area contributed by atoms with Crippen LogP contribution in [0.25, 0.3) is 0 Å². The first kappa shape index (κ1) is 11.6. The quantitative estimate of drug-likeness (QED) is 0.731. The van der Waals surface area contributed by atoms with Crippen LogP contribution in [-0.4, -0.2) is 40.6 Å². The minimum atomic E-state index is -0.989. The number of carbonyl (C=O) groups excluding carboxylic acids is 1. The Hall–Kier alpha value is -1.43. The molecule has 0 amide bonds. The van der Waals surface area contributed by atoms with Gasteiger partial charge in [0, 0.05) is 0 Å². The van der Waals surface area contributed by atoms with Crippen molar-refractivity contribution in [2.45, 2.75) is 36.9 Å². The second kappa shape index (κ2) is 4.35. The van der Waals surface area contributed by atoms with Crippen LogP contribution in [0.3, 0.4) is 0 Å². The first-order valence-corrected chi connectivity index (χ1v) is 5.93. The summed E-state index contributed by atoms with van der Waals surface area (Å²) in [5.41, 5.74) is 0.674. The van der Waals surface area contributed by atoms with E-state index in [1.165, 1.54) is 0 Å². The molecule has 0 saturated carbocycles. The predicted octanol–water partition coefficient (Wildman–Crippen LogP) is 0.164. The zero-order valence-corrected chi connectivity index (χ0v) is 9.60. The maximum absolute atomic E-state index is 11.1. The van der Waals surface area contributed by atoms with Crippen molar-refractivity contribution in [3.8, 4) is 0 Å². The summed E-state index contributed by atoms with van der Waals surface area (Å²) in [4.78, 5) is 11.1. The van der Waals surface area contributed by atoms with Gasteiger partial charge in [0.15, 0.2) is 6.10 Å². The lowest BCUT2D eigenvalue weighted by atomic mass is 9.99. The Bertz CT molecular complexity index is 446. The molecule has 5 nitrogen and oxygen atoms in total. The summed E-state index contributed by atoms with van der Waals surface area (Å²) in [5.74, 6) is -0.364. The maximum Gasteiger partial charge on any atom is 0.309 e. The maximum atomic E-state index is 11.1. The van der Waals surface area contributed by atoms with Crippen LogP contribution in [0.15, 0.2) is 30.3 Å². The van der Waals surface area contributed by atoms with Crippen molar-refractivity contribution in [2.24, 2.45) is 0 Å². The molecule has 18 heavy (non-hydrogen) atoms. The van der Waals surface area contributed by atoms with Crippen LogP contribution in [0.4, 0.5) is 0 Å². The lowest BCUT2D eigenvalue weighted by Gasteiger charge is -2.22. The van der Waals surface area contributed by atoms with Gasteiger partial charge < -0.3 is 19.7 Å². The van der Waals surface area contributed by atoms with Crippen LogP contribution in [0.2, 0.25) is 0 Å². The number of ether oxygens (including phenoxy) is 2. The number of hydrogen-bond donors (Lipinski definition) is 2. The van der Waals surface area contributed by atoms with Gasteiger partial charge in [0.25, 0.3) is 0 Å². The molecule has 0 aliphatic carbocycles. The van der Waals surface area contributed by atoms with Gasteiger partial charge in [0.1, 0.15) is 24.4 Å². The van der Waals surface area contributed by atoms with Crippen LogP contribution in [0, 0.1) is 0 Å². The normalized spacial score (nSPS) is 36.2. The molecule has 0 aromatic heterocycles. The van der Waals surface area contributed by atoms with E-state index in [9.17, 15) is 15.0 Å². The molecule has 3 rings (SSSR count). The van der Waals surface area contributed by atoms with Gasteiger partial charge in [0.05, 0.1) is 6.42 Å². The lowest BCUT2D eigenvalue weighted by Crippen LogP contribution is -2.35.